The van der Waals surface area contributed by atoms with E-state index >= 15 is 0 Å². The van der Waals surface area contributed by atoms with Crippen molar-refractivity contribution < 1.29 is 4.79 Å². The molecule has 1 aromatic rings. The number of hydrogen-bond acceptors (Lipinski definition) is 2. The normalized spacial score (nSPS) is 21.5. The maximum absolute atomic E-state index is 11.6. The first kappa shape index (κ1) is 12.1. The number of nitrogens with zero attached hydrogens (tertiary/aromatic N) is 2. The van der Waals surface area contributed by atoms with Crippen molar-refractivity contribution in [3.8, 4) is 0 Å². The summed E-state index contributed by atoms with van der Waals surface area (Å²) in [5.74, 6) is 0.194. The van der Waals surface area contributed by atoms with Crippen LogP contribution < -0.4 is 0 Å². The molecule has 1 aliphatic heterocycles. The third-order valence-corrected chi connectivity index (χ3v) is 3.40. The van der Waals surface area contributed by atoms with Crippen LogP contribution in [-0.2, 0) is 11.2 Å². The summed E-state index contributed by atoms with van der Waals surface area (Å²) in [6, 6.07) is 10.7. The molecule has 0 aliphatic carbocycles. The van der Waals surface area contributed by atoms with Crippen molar-refractivity contribution in [3.05, 3.63) is 35.9 Å². The Morgan fingerprint density at radius 2 is 2.00 bits per heavy atom. The molecule has 0 bridgehead atoms. The smallest absolute Gasteiger partial charge is 0.219 e. The molecule has 0 saturated carbocycles. The van der Waals surface area contributed by atoms with Gasteiger partial charge in [0.15, 0.2) is 0 Å². The van der Waals surface area contributed by atoms with Crippen LogP contribution in [0.25, 0.3) is 0 Å². The lowest BCUT2D eigenvalue weighted by molar-refractivity contribution is -0.133. The summed E-state index contributed by atoms with van der Waals surface area (Å²) in [5.41, 5.74) is 1.30. The second kappa shape index (κ2) is 5.32. The van der Waals surface area contributed by atoms with Crippen LogP contribution in [0.2, 0.25) is 0 Å². The van der Waals surface area contributed by atoms with Crippen LogP contribution >= 0.6 is 0 Å². The number of hydrogen-bond donors (Lipinski definition) is 0. The molecule has 1 aliphatic rings. The highest BCUT2D eigenvalue weighted by atomic mass is 16.2. The SMILES string of the molecule is CC(=O)N1CCN(C)C[C@H]1Cc1ccccc1. The third-order valence-electron chi connectivity index (χ3n) is 3.40. The Morgan fingerprint density at radius 3 is 2.65 bits per heavy atom. The molecule has 1 atom stereocenters. The fourth-order valence-electron chi connectivity index (χ4n) is 2.49. The van der Waals surface area contributed by atoms with E-state index in [1.807, 2.05) is 11.0 Å². The maximum atomic E-state index is 11.6. The highest BCUT2D eigenvalue weighted by Crippen LogP contribution is 2.14. The molecular formula is C14H20N2O. The number of carbonyl (C=O) groups is 1. The van der Waals surface area contributed by atoms with Gasteiger partial charge in [-0.1, -0.05) is 30.3 Å². The zero-order valence-corrected chi connectivity index (χ0v) is 10.6. The van der Waals surface area contributed by atoms with Crippen LogP contribution in [0.4, 0.5) is 0 Å². The van der Waals surface area contributed by atoms with Crippen molar-refractivity contribution in [2.75, 3.05) is 26.7 Å². The highest BCUT2D eigenvalue weighted by molar-refractivity contribution is 5.73. The zero-order valence-electron chi connectivity index (χ0n) is 10.6. The van der Waals surface area contributed by atoms with Crippen LogP contribution in [0, 0.1) is 0 Å². The summed E-state index contributed by atoms with van der Waals surface area (Å²) in [7, 11) is 2.12. The minimum absolute atomic E-state index is 0.194. The average molecular weight is 232 g/mol. The Bertz CT molecular complexity index is 377. The first-order valence-corrected chi connectivity index (χ1v) is 6.16. The Morgan fingerprint density at radius 1 is 1.29 bits per heavy atom. The minimum atomic E-state index is 0.194. The summed E-state index contributed by atoms with van der Waals surface area (Å²) < 4.78 is 0. The Kier molecular flexibility index (Phi) is 3.79. The summed E-state index contributed by atoms with van der Waals surface area (Å²) >= 11 is 0. The van der Waals surface area contributed by atoms with E-state index in [4.69, 9.17) is 0 Å². The minimum Gasteiger partial charge on any atom is -0.337 e. The predicted molar refractivity (Wildman–Crippen MR) is 68.8 cm³/mol. The van der Waals surface area contributed by atoms with Crippen molar-refractivity contribution in [2.45, 2.75) is 19.4 Å². The molecule has 0 radical (unpaired) electrons. The molecule has 0 N–H and O–H groups in total. The maximum Gasteiger partial charge on any atom is 0.219 e. The van der Waals surface area contributed by atoms with E-state index in [2.05, 4.69) is 36.2 Å². The molecule has 17 heavy (non-hydrogen) atoms. The van der Waals surface area contributed by atoms with Gasteiger partial charge in [0.2, 0.25) is 5.91 Å². The largest absolute Gasteiger partial charge is 0.337 e. The average Bonchev–Trinajstić information content (AvgIpc) is 2.30. The van der Waals surface area contributed by atoms with Crippen molar-refractivity contribution in [1.82, 2.24) is 9.80 Å². The fraction of sp³-hybridized carbons (Fsp3) is 0.500. The van der Waals surface area contributed by atoms with Gasteiger partial charge in [-0.15, -0.1) is 0 Å². The monoisotopic (exact) mass is 232 g/mol. The van der Waals surface area contributed by atoms with Crippen LogP contribution in [0.15, 0.2) is 30.3 Å². The standard InChI is InChI=1S/C14H20N2O/c1-12(17)16-9-8-15(2)11-14(16)10-13-6-4-3-5-7-13/h3-7,14H,8-11H2,1-2H3/t14-/m1/s1. The van der Waals surface area contributed by atoms with Crippen LogP contribution in [0.5, 0.6) is 0 Å². The van der Waals surface area contributed by atoms with Crippen molar-refractivity contribution >= 4 is 5.91 Å². The van der Waals surface area contributed by atoms with Gasteiger partial charge in [0.25, 0.3) is 0 Å². The fourth-order valence-corrected chi connectivity index (χ4v) is 2.49. The van der Waals surface area contributed by atoms with Gasteiger partial charge in [-0.2, -0.15) is 0 Å². The molecule has 3 heteroatoms. The van der Waals surface area contributed by atoms with Gasteiger partial charge < -0.3 is 9.80 Å². The van der Waals surface area contributed by atoms with E-state index in [0.717, 1.165) is 26.1 Å². The van der Waals surface area contributed by atoms with Crippen molar-refractivity contribution in [2.24, 2.45) is 0 Å². The lowest BCUT2D eigenvalue weighted by atomic mass is 10.0. The van der Waals surface area contributed by atoms with Crippen molar-refractivity contribution in [1.29, 1.82) is 0 Å². The molecule has 0 aromatic heterocycles. The molecule has 2 rings (SSSR count). The molecule has 1 amide bonds. The van der Waals surface area contributed by atoms with E-state index in [9.17, 15) is 4.79 Å². The van der Waals surface area contributed by atoms with Crippen LogP contribution in [0.3, 0.4) is 0 Å². The molecular weight excluding hydrogens is 212 g/mol. The van der Waals surface area contributed by atoms with Gasteiger partial charge in [-0.3, -0.25) is 4.79 Å². The number of amides is 1. The topological polar surface area (TPSA) is 23.6 Å². The quantitative estimate of drug-likeness (QED) is 0.769. The number of benzene rings is 1. The summed E-state index contributed by atoms with van der Waals surface area (Å²) in [6.45, 7) is 4.46. The molecule has 0 unspecified atom stereocenters. The van der Waals surface area contributed by atoms with Gasteiger partial charge in [-0.05, 0) is 19.0 Å². The van der Waals surface area contributed by atoms with E-state index in [1.165, 1.54) is 5.56 Å². The van der Waals surface area contributed by atoms with E-state index < -0.39 is 0 Å². The second-order valence-corrected chi connectivity index (χ2v) is 4.82. The van der Waals surface area contributed by atoms with E-state index in [0.29, 0.717) is 6.04 Å². The van der Waals surface area contributed by atoms with E-state index in [-0.39, 0.29) is 5.91 Å². The van der Waals surface area contributed by atoms with Gasteiger partial charge in [-0.25, -0.2) is 0 Å². The van der Waals surface area contributed by atoms with Gasteiger partial charge in [0.1, 0.15) is 0 Å². The molecule has 1 heterocycles. The highest BCUT2D eigenvalue weighted by Gasteiger charge is 2.26. The lowest BCUT2D eigenvalue weighted by Crippen LogP contribution is -2.54. The first-order valence-electron chi connectivity index (χ1n) is 6.16. The molecule has 92 valence electrons. The molecule has 1 fully saturated rings. The van der Waals surface area contributed by atoms with Crippen molar-refractivity contribution in [3.63, 3.8) is 0 Å². The third kappa shape index (κ3) is 3.07. The molecule has 3 nitrogen and oxygen atoms in total. The van der Waals surface area contributed by atoms with Crippen LogP contribution in [0.1, 0.15) is 12.5 Å². The molecule has 1 saturated heterocycles. The number of likely N-dealkylation sites (N-methyl/N-ethyl adjacent to an activating group) is 1. The lowest BCUT2D eigenvalue weighted by Gasteiger charge is -2.39. The first-order chi connectivity index (χ1) is 8.16. The van der Waals surface area contributed by atoms with Gasteiger partial charge >= 0.3 is 0 Å². The molecule has 0 spiro atoms. The van der Waals surface area contributed by atoms with E-state index in [1.54, 1.807) is 6.92 Å². The Balaban J connectivity index is 2.08. The predicted octanol–water partition coefficient (Wildman–Crippen LogP) is 1.39. The number of carbonyl (C=O) groups excluding carboxylic acids is 1. The summed E-state index contributed by atoms with van der Waals surface area (Å²) in [4.78, 5) is 15.9. The molecule has 1 aromatic carbocycles. The summed E-state index contributed by atoms with van der Waals surface area (Å²) in [6.07, 6.45) is 0.949. The van der Waals surface area contributed by atoms with Crippen LogP contribution in [-0.4, -0.2) is 48.4 Å². The Labute approximate surface area is 103 Å². The Hall–Kier alpha value is -1.35. The van der Waals surface area contributed by atoms with Gasteiger partial charge in [0.05, 0.1) is 0 Å². The van der Waals surface area contributed by atoms with Gasteiger partial charge in [0, 0.05) is 32.6 Å². The number of rotatable bonds is 2. The second-order valence-electron chi connectivity index (χ2n) is 4.82. The summed E-state index contributed by atoms with van der Waals surface area (Å²) in [5, 5.41) is 0. The number of piperazine rings is 1. The zero-order chi connectivity index (χ0) is 12.3.